The van der Waals surface area contributed by atoms with Crippen molar-refractivity contribution < 1.29 is 14.0 Å². The van der Waals surface area contributed by atoms with Gasteiger partial charge in [0.05, 0.1) is 5.56 Å². The van der Waals surface area contributed by atoms with Crippen molar-refractivity contribution in [3.05, 3.63) is 63.9 Å². The molecule has 0 unspecified atom stereocenters. The lowest BCUT2D eigenvalue weighted by Gasteiger charge is -2.10. The first kappa shape index (κ1) is 19.1. The van der Waals surface area contributed by atoms with Gasteiger partial charge >= 0.3 is 0 Å². The molecule has 2 amide bonds. The molecule has 0 heterocycles. The molecule has 132 valence electrons. The zero-order valence-corrected chi connectivity index (χ0v) is 15.7. The summed E-state index contributed by atoms with van der Waals surface area (Å²) in [6.45, 7) is 4.27. The third kappa shape index (κ3) is 5.98. The van der Waals surface area contributed by atoms with Crippen molar-refractivity contribution in [3.63, 3.8) is 0 Å². The maximum Gasteiger partial charge on any atom is 0.252 e. The molecule has 2 rings (SSSR count). The predicted molar refractivity (Wildman–Crippen MR) is 99.8 cm³/mol. The fourth-order valence-corrected chi connectivity index (χ4v) is 2.82. The van der Waals surface area contributed by atoms with Gasteiger partial charge in [0.15, 0.2) is 0 Å². The Labute approximate surface area is 154 Å². The average molecular weight is 407 g/mol. The fourth-order valence-electron chi connectivity index (χ4n) is 2.29. The van der Waals surface area contributed by atoms with Gasteiger partial charge in [-0.25, -0.2) is 4.39 Å². The summed E-state index contributed by atoms with van der Waals surface area (Å²) in [6.07, 6.45) is 0.458. The summed E-state index contributed by atoms with van der Waals surface area (Å²) >= 11 is 3.18. The van der Waals surface area contributed by atoms with Crippen LogP contribution in [-0.2, 0) is 11.3 Å². The van der Waals surface area contributed by atoms with E-state index in [1.54, 1.807) is 6.07 Å². The van der Waals surface area contributed by atoms with E-state index in [0.29, 0.717) is 28.7 Å². The molecule has 0 aliphatic carbocycles. The van der Waals surface area contributed by atoms with Crippen LogP contribution in [0.1, 0.15) is 36.2 Å². The molecule has 0 radical (unpaired) electrons. The van der Waals surface area contributed by atoms with Crippen molar-refractivity contribution in [3.8, 4) is 0 Å². The first-order chi connectivity index (χ1) is 11.8. The van der Waals surface area contributed by atoms with Crippen LogP contribution in [0.15, 0.2) is 46.9 Å². The third-order valence-electron chi connectivity index (χ3n) is 3.43. The summed E-state index contributed by atoms with van der Waals surface area (Å²) in [5.74, 6) is -0.461. The highest BCUT2D eigenvalue weighted by Crippen LogP contribution is 2.18. The molecular formula is C19H20BrFN2O2. The van der Waals surface area contributed by atoms with E-state index in [1.165, 1.54) is 18.2 Å². The molecule has 0 saturated carbocycles. The molecule has 4 nitrogen and oxygen atoms in total. The lowest BCUT2D eigenvalue weighted by molar-refractivity contribution is -0.116. The van der Waals surface area contributed by atoms with Crippen LogP contribution in [0.3, 0.4) is 0 Å². The SMILES string of the molecule is CC(C)CC(=O)Nc1cccc(CNC(=O)c2ccc(F)cc2Br)c1. The molecule has 2 aromatic carbocycles. The molecule has 6 heteroatoms. The number of hydrogen-bond donors (Lipinski definition) is 2. The maximum atomic E-state index is 13.1. The van der Waals surface area contributed by atoms with Gasteiger partial charge in [-0.1, -0.05) is 26.0 Å². The normalized spacial score (nSPS) is 10.6. The van der Waals surface area contributed by atoms with Crippen molar-refractivity contribution in [2.75, 3.05) is 5.32 Å². The van der Waals surface area contributed by atoms with Crippen LogP contribution in [0.4, 0.5) is 10.1 Å². The van der Waals surface area contributed by atoms with Crippen LogP contribution >= 0.6 is 15.9 Å². The largest absolute Gasteiger partial charge is 0.348 e. The van der Waals surface area contributed by atoms with Crippen molar-refractivity contribution >= 4 is 33.4 Å². The molecule has 0 saturated heterocycles. The Hall–Kier alpha value is -2.21. The van der Waals surface area contributed by atoms with Gasteiger partial charge in [-0.2, -0.15) is 0 Å². The van der Waals surface area contributed by atoms with Crippen LogP contribution < -0.4 is 10.6 Å². The van der Waals surface area contributed by atoms with Crippen molar-refractivity contribution in [1.82, 2.24) is 5.32 Å². The second-order valence-corrected chi connectivity index (χ2v) is 7.01. The van der Waals surface area contributed by atoms with Gasteiger partial charge < -0.3 is 10.6 Å². The van der Waals surface area contributed by atoms with Gasteiger partial charge in [0.1, 0.15) is 5.82 Å². The van der Waals surface area contributed by atoms with Gasteiger partial charge in [0, 0.05) is 23.1 Å². The predicted octanol–water partition coefficient (Wildman–Crippen LogP) is 4.50. The van der Waals surface area contributed by atoms with Crippen molar-refractivity contribution in [2.45, 2.75) is 26.8 Å². The summed E-state index contributed by atoms with van der Waals surface area (Å²) in [7, 11) is 0. The minimum absolute atomic E-state index is 0.0357. The van der Waals surface area contributed by atoms with Gasteiger partial charge in [0.2, 0.25) is 5.91 Å². The van der Waals surface area contributed by atoms with E-state index in [-0.39, 0.29) is 17.7 Å². The Bertz CT molecular complexity index is 778. The molecular weight excluding hydrogens is 387 g/mol. The molecule has 0 aliphatic rings. The molecule has 0 spiro atoms. The Morgan fingerprint density at radius 2 is 1.92 bits per heavy atom. The second-order valence-electron chi connectivity index (χ2n) is 6.15. The number of amides is 2. The second kappa shape index (κ2) is 8.76. The van der Waals surface area contributed by atoms with Gasteiger partial charge in [0.25, 0.3) is 5.91 Å². The number of benzene rings is 2. The molecule has 0 atom stereocenters. The van der Waals surface area contributed by atoms with Gasteiger partial charge in [-0.15, -0.1) is 0 Å². The van der Waals surface area contributed by atoms with Crippen LogP contribution in [0, 0.1) is 11.7 Å². The number of carbonyl (C=O) groups excluding carboxylic acids is 2. The van der Waals surface area contributed by atoms with Crippen LogP contribution in [0.25, 0.3) is 0 Å². The number of hydrogen-bond acceptors (Lipinski definition) is 2. The van der Waals surface area contributed by atoms with E-state index >= 15 is 0 Å². The van der Waals surface area contributed by atoms with E-state index in [9.17, 15) is 14.0 Å². The number of rotatable bonds is 6. The van der Waals surface area contributed by atoms with Crippen molar-refractivity contribution in [1.29, 1.82) is 0 Å². The highest BCUT2D eigenvalue weighted by Gasteiger charge is 2.11. The lowest BCUT2D eigenvalue weighted by Crippen LogP contribution is -2.23. The Morgan fingerprint density at radius 1 is 1.16 bits per heavy atom. The first-order valence-corrected chi connectivity index (χ1v) is 8.76. The molecule has 0 aliphatic heterocycles. The Balaban J connectivity index is 1.97. The highest BCUT2D eigenvalue weighted by molar-refractivity contribution is 9.10. The summed E-state index contributed by atoms with van der Waals surface area (Å²) in [5.41, 5.74) is 1.91. The zero-order chi connectivity index (χ0) is 18.4. The number of carbonyl (C=O) groups is 2. The summed E-state index contributed by atoms with van der Waals surface area (Å²) in [5, 5.41) is 5.63. The zero-order valence-electron chi connectivity index (χ0n) is 14.1. The van der Waals surface area contributed by atoms with E-state index in [0.717, 1.165) is 5.56 Å². The molecule has 2 N–H and O–H groups in total. The molecule has 2 aromatic rings. The fraction of sp³-hybridized carbons (Fsp3) is 0.263. The molecule has 25 heavy (non-hydrogen) atoms. The highest BCUT2D eigenvalue weighted by atomic mass is 79.9. The molecule has 0 aromatic heterocycles. The maximum absolute atomic E-state index is 13.1. The topological polar surface area (TPSA) is 58.2 Å². The van der Waals surface area contributed by atoms with Gasteiger partial charge in [-0.05, 0) is 57.7 Å². The van der Waals surface area contributed by atoms with E-state index in [4.69, 9.17) is 0 Å². The summed E-state index contributed by atoms with van der Waals surface area (Å²) in [6, 6.07) is 11.2. The Morgan fingerprint density at radius 3 is 2.60 bits per heavy atom. The minimum Gasteiger partial charge on any atom is -0.348 e. The van der Waals surface area contributed by atoms with Crippen LogP contribution in [0.5, 0.6) is 0 Å². The smallest absolute Gasteiger partial charge is 0.252 e. The monoisotopic (exact) mass is 406 g/mol. The number of halogens is 2. The Kier molecular flexibility index (Phi) is 6.70. The number of nitrogens with one attached hydrogen (secondary N) is 2. The van der Waals surface area contributed by atoms with E-state index in [2.05, 4.69) is 26.6 Å². The number of anilines is 1. The summed E-state index contributed by atoms with van der Waals surface area (Å²) in [4.78, 5) is 24.0. The van der Waals surface area contributed by atoms with Crippen molar-refractivity contribution in [2.24, 2.45) is 5.92 Å². The van der Waals surface area contributed by atoms with Gasteiger partial charge in [-0.3, -0.25) is 9.59 Å². The third-order valence-corrected chi connectivity index (χ3v) is 4.09. The lowest BCUT2D eigenvalue weighted by atomic mass is 10.1. The van der Waals surface area contributed by atoms with E-state index in [1.807, 2.05) is 32.0 Å². The van der Waals surface area contributed by atoms with Crippen LogP contribution in [-0.4, -0.2) is 11.8 Å². The van der Waals surface area contributed by atoms with E-state index < -0.39 is 5.82 Å². The standard InChI is InChI=1S/C19H20BrFN2O2/c1-12(2)8-18(24)23-15-5-3-4-13(9-15)11-22-19(25)16-7-6-14(21)10-17(16)20/h3-7,9-10,12H,8,11H2,1-2H3,(H,22,25)(H,23,24). The van der Waals surface area contributed by atoms with Crippen LogP contribution in [0.2, 0.25) is 0 Å². The average Bonchev–Trinajstić information content (AvgIpc) is 2.52. The summed E-state index contributed by atoms with van der Waals surface area (Å²) < 4.78 is 13.5. The quantitative estimate of drug-likeness (QED) is 0.741. The first-order valence-electron chi connectivity index (χ1n) is 7.97. The molecule has 0 fully saturated rings. The minimum atomic E-state index is -0.409. The molecule has 0 bridgehead atoms.